The second kappa shape index (κ2) is 8.35. The Bertz CT molecular complexity index is 1070. The van der Waals surface area contributed by atoms with E-state index in [2.05, 4.69) is 103 Å². The van der Waals surface area contributed by atoms with Crippen LogP contribution in [0, 0.1) is 13.8 Å². The zero-order valence-electron chi connectivity index (χ0n) is 19.1. The second-order valence-electron chi connectivity index (χ2n) is 8.70. The molecule has 31 heavy (non-hydrogen) atoms. The van der Waals surface area contributed by atoms with Crippen LogP contribution in [0.3, 0.4) is 0 Å². The van der Waals surface area contributed by atoms with Crippen LogP contribution in [0.15, 0.2) is 54.7 Å². The molecule has 5 nitrogen and oxygen atoms in total. The normalized spacial score (nSPS) is 18.5. The van der Waals surface area contributed by atoms with Gasteiger partial charge >= 0.3 is 0 Å². The topological polar surface area (TPSA) is 36.3 Å². The lowest BCUT2D eigenvalue weighted by Crippen LogP contribution is -2.35. The SMILES string of the molecule is Cc1cc([C@H]2[C@H](c3ccccn3)NC(=S)N2C(C)C)c(C)n1-c1ccc(N(C)C)cc1. The molecule has 2 atom stereocenters. The third kappa shape index (κ3) is 3.81. The van der Waals surface area contributed by atoms with Crippen LogP contribution in [-0.2, 0) is 0 Å². The molecular formula is C25H31N5S. The monoisotopic (exact) mass is 433 g/mol. The first-order valence-electron chi connectivity index (χ1n) is 10.8. The smallest absolute Gasteiger partial charge is 0.170 e. The highest BCUT2D eigenvalue weighted by molar-refractivity contribution is 7.80. The van der Waals surface area contributed by atoms with E-state index in [4.69, 9.17) is 12.2 Å². The molecular weight excluding hydrogens is 402 g/mol. The molecule has 0 amide bonds. The molecule has 1 aromatic carbocycles. The summed E-state index contributed by atoms with van der Waals surface area (Å²) in [6.45, 7) is 8.77. The van der Waals surface area contributed by atoms with Gasteiger partial charge < -0.3 is 19.7 Å². The van der Waals surface area contributed by atoms with Gasteiger partial charge in [0.05, 0.1) is 17.8 Å². The minimum Gasteiger partial charge on any atom is -0.378 e. The Morgan fingerprint density at radius 1 is 1.06 bits per heavy atom. The van der Waals surface area contributed by atoms with Crippen molar-refractivity contribution < 1.29 is 0 Å². The number of rotatable bonds is 5. The lowest BCUT2D eigenvalue weighted by atomic mass is 9.96. The largest absolute Gasteiger partial charge is 0.378 e. The Balaban J connectivity index is 1.81. The number of nitrogens with zero attached hydrogens (tertiary/aromatic N) is 4. The van der Waals surface area contributed by atoms with Gasteiger partial charge in [-0.25, -0.2) is 0 Å². The van der Waals surface area contributed by atoms with Crippen molar-refractivity contribution in [3.63, 3.8) is 0 Å². The van der Waals surface area contributed by atoms with Crippen LogP contribution in [-0.4, -0.2) is 39.7 Å². The second-order valence-corrected chi connectivity index (χ2v) is 9.09. The van der Waals surface area contributed by atoms with Crippen LogP contribution in [0.2, 0.25) is 0 Å². The lowest BCUT2D eigenvalue weighted by molar-refractivity contribution is 0.269. The fourth-order valence-electron chi connectivity index (χ4n) is 4.64. The highest BCUT2D eigenvalue weighted by Gasteiger charge is 2.42. The number of anilines is 1. The van der Waals surface area contributed by atoms with Crippen molar-refractivity contribution in [2.75, 3.05) is 19.0 Å². The molecule has 6 heteroatoms. The molecule has 0 radical (unpaired) electrons. The zero-order valence-corrected chi connectivity index (χ0v) is 19.9. The van der Waals surface area contributed by atoms with Crippen molar-refractivity contribution in [3.05, 3.63) is 77.4 Å². The Morgan fingerprint density at radius 2 is 1.77 bits per heavy atom. The lowest BCUT2D eigenvalue weighted by Gasteiger charge is -2.31. The van der Waals surface area contributed by atoms with E-state index < -0.39 is 0 Å². The van der Waals surface area contributed by atoms with Crippen molar-refractivity contribution in [2.24, 2.45) is 0 Å². The van der Waals surface area contributed by atoms with Crippen LogP contribution in [0.1, 0.15) is 48.6 Å². The van der Waals surface area contributed by atoms with E-state index >= 15 is 0 Å². The Kier molecular flexibility index (Phi) is 5.75. The summed E-state index contributed by atoms with van der Waals surface area (Å²) in [5, 5.41) is 4.33. The predicted molar refractivity (Wildman–Crippen MR) is 132 cm³/mol. The Hall–Kier alpha value is -2.86. The number of nitrogens with one attached hydrogen (secondary N) is 1. The summed E-state index contributed by atoms with van der Waals surface area (Å²) in [5.41, 5.74) is 7.11. The maximum absolute atomic E-state index is 5.76. The van der Waals surface area contributed by atoms with Gasteiger partial charge in [-0.1, -0.05) is 6.07 Å². The minimum atomic E-state index is 0.0150. The predicted octanol–water partition coefficient (Wildman–Crippen LogP) is 4.94. The molecule has 2 aromatic heterocycles. The standard InChI is InChI=1S/C25H31N5S/c1-16(2)29-24(23(27-25(29)31)22-9-7-8-14-26-22)21-15-17(3)30(18(21)4)20-12-10-19(11-13-20)28(5)6/h7-16,23-24H,1-6H3,(H,27,31)/t23-,24-/m0/s1. The third-order valence-corrected chi connectivity index (χ3v) is 6.43. The number of aromatic nitrogens is 2. The van der Waals surface area contributed by atoms with Gasteiger partial charge in [-0.15, -0.1) is 0 Å². The third-order valence-electron chi connectivity index (χ3n) is 6.10. The van der Waals surface area contributed by atoms with Gasteiger partial charge in [0.2, 0.25) is 0 Å². The highest BCUT2D eigenvalue weighted by atomic mass is 32.1. The average molecular weight is 434 g/mol. The minimum absolute atomic E-state index is 0.0150. The fourth-order valence-corrected chi connectivity index (χ4v) is 5.09. The number of benzene rings is 1. The van der Waals surface area contributed by atoms with Gasteiger partial charge in [-0.2, -0.15) is 0 Å². The number of hydrogen-bond donors (Lipinski definition) is 1. The summed E-state index contributed by atoms with van der Waals surface area (Å²) in [6.07, 6.45) is 1.85. The van der Waals surface area contributed by atoms with Crippen molar-refractivity contribution in [2.45, 2.75) is 45.8 Å². The molecule has 0 spiro atoms. The van der Waals surface area contributed by atoms with E-state index in [0.717, 1.165) is 10.8 Å². The average Bonchev–Trinajstić information content (AvgIpc) is 3.24. The molecule has 0 saturated carbocycles. The van der Waals surface area contributed by atoms with Crippen LogP contribution in [0.4, 0.5) is 5.69 Å². The Morgan fingerprint density at radius 3 is 2.35 bits per heavy atom. The summed E-state index contributed by atoms with van der Waals surface area (Å²) in [6, 6.07) is 17.5. The zero-order chi connectivity index (χ0) is 22.3. The maximum Gasteiger partial charge on any atom is 0.170 e. The number of aryl methyl sites for hydroxylation is 1. The molecule has 0 aliphatic carbocycles. The van der Waals surface area contributed by atoms with Crippen molar-refractivity contribution in [1.29, 1.82) is 0 Å². The molecule has 4 rings (SSSR count). The Labute approximate surface area is 190 Å². The number of thiocarbonyl (C=S) groups is 1. The van der Waals surface area contributed by atoms with Crippen molar-refractivity contribution in [3.8, 4) is 5.69 Å². The van der Waals surface area contributed by atoms with Crippen LogP contribution in [0.25, 0.3) is 5.69 Å². The van der Waals surface area contributed by atoms with E-state index in [1.165, 1.54) is 28.3 Å². The molecule has 3 aromatic rings. The summed E-state index contributed by atoms with van der Waals surface area (Å²) in [5.74, 6) is 0. The molecule has 1 fully saturated rings. The van der Waals surface area contributed by atoms with Gasteiger partial charge in [0, 0.05) is 49.1 Å². The summed E-state index contributed by atoms with van der Waals surface area (Å²) < 4.78 is 2.34. The van der Waals surface area contributed by atoms with Gasteiger partial charge in [0.25, 0.3) is 0 Å². The summed E-state index contributed by atoms with van der Waals surface area (Å²) in [7, 11) is 4.13. The molecule has 1 N–H and O–H groups in total. The van der Waals surface area contributed by atoms with Crippen LogP contribution in [0.5, 0.6) is 0 Å². The molecule has 1 aliphatic heterocycles. The van der Waals surface area contributed by atoms with Crippen molar-refractivity contribution >= 4 is 23.0 Å². The molecule has 0 unspecified atom stereocenters. The van der Waals surface area contributed by atoms with E-state index in [9.17, 15) is 0 Å². The molecule has 162 valence electrons. The van der Waals surface area contributed by atoms with E-state index in [0.29, 0.717) is 0 Å². The van der Waals surface area contributed by atoms with Gasteiger partial charge in [-0.3, -0.25) is 4.98 Å². The van der Waals surface area contributed by atoms with Gasteiger partial charge in [0.15, 0.2) is 5.11 Å². The summed E-state index contributed by atoms with van der Waals surface area (Å²) >= 11 is 5.76. The first kappa shape index (κ1) is 21.4. The molecule has 1 saturated heterocycles. The van der Waals surface area contributed by atoms with E-state index in [-0.39, 0.29) is 18.1 Å². The summed E-state index contributed by atoms with van der Waals surface area (Å²) in [4.78, 5) is 9.08. The fraction of sp³-hybridized carbons (Fsp3) is 0.360. The van der Waals surface area contributed by atoms with Crippen LogP contribution < -0.4 is 10.2 Å². The van der Waals surface area contributed by atoms with Gasteiger partial charge in [0.1, 0.15) is 0 Å². The highest BCUT2D eigenvalue weighted by Crippen LogP contribution is 2.42. The van der Waals surface area contributed by atoms with Crippen molar-refractivity contribution in [1.82, 2.24) is 19.8 Å². The molecule has 3 heterocycles. The number of pyridine rings is 1. The molecule has 0 bridgehead atoms. The quantitative estimate of drug-likeness (QED) is 0.577. The molecule has 1 aliphatic rings. The first-order chi connectivity index (χ1) is 14.8. The van der Waals surface area contributed by atoms with Crippen LogP contribution >= 0.6 is 12.2 Å². The van der Waals surface area contributed by atoms with E-state index in [1.54, 1.807) is 0 Å². The van der Waals surface area contributed by atoms with Gasteiger partial charge in [-0.05, 0) is 87.9 Å². The van der Waals surface area contributed by atoms with E-state index in [1.807, 2.05) is 18.3 Å². The maximum atomic E-state index is 5.76. The first-order valence-corrected chi connectivity index (χ1v) is 11.2. The number of hydrogen-bond acceptors (Lipinski definition) is 3.